The van der Waals surface area contributed by atoms with Crippen LogP contribution in [0, 0.1) is 0 Å². The first-order valence-corrected chi connectivity index (χ1v) is 11.7. The average Bonchev–Trinajstić information content (AvgIpc) is 3.51. The maximum absolute atomic E-state index is 13.6. The van der Waals surface area contributed by atoms with Crippen molar-refractivity contribution < 1.29 is 13.6 Å². The minimum atomic E-state index is -2.56. The number of carbonyl (C=O) groups excluding carboxylic acids is 1. The molecule has 1 aliphatic heterocycles. The molecular formula is C23H30F2N6O. The zero-order chi connectivity index (χ0) is 22.3. The normalized spacial score (nSPS) is 22.2. The molecule has 1 N–H and O–H groups in total. The molecule has 5 rings (SSSR count). The van der Waals surface area contributed by atoms with Crippen molar-refractivity contribution in [2.24, 2.45) is 0 Å². The minimum absolute atomic E-state index is 0.0237. The summed E-state index contributed by atoms with van der Waals surface area (Å²) in [6, 6.07) is 3.95. The molecule has 2 aromatic heterocycles. The Morgan fingerprint density at radius 2 is 1.72 bits per heavy atom. The predicted octanol–water partition coefficient (Wildman–Crippen LogP) is 4.26. The molecule has 9 heteroatoms. The number of anilines is 1. The van der Waals surface area contributed by atoms with E-state index in [1.807, 2.05) is 23.2 Å². The largest absolute Gasteiger partial charge is 0.367 e. The first-order chi connectivity index (χ1) is 15.4. The fourth-order valence-corrected chi connectivity index (χ4v) is 4.77. The summed E-state index contributed by atoms with van der Waals surface area (Å²) < 4.78 is 28.9. The number of hydrogen-bond acceptors (Lipinski definition) is 5. The van der Waals surface area contributed by atoms with Crippen LogP contribution >= 0.6 is 0 Å². The van der Waals surface area contributed by atoms with Gasteiger partial charge in [-0.1, -0.05) is 0 Å². The van der Waals surface area contributed by atoms with Crippen molar-refractivity contribution in [2.75, 3.05) is 18.4 Å². The van der Waals surface area contributed by atoms with Gasteiger partial charge in [-0.15, -0.1) is 0 Å². The Morgan fingerprint density at radius 3 is 2.38 bits per heavy atom. The molecule has 1 amide bonds. The number of alkyl halides is 2. The first-order valence-electron chi connectivity index (χ1n) is 11.7. The highest BCUT2D eigenvalue weighted by Gasteiger charge is 2.35. The first kappa shape index (κ1) is 21.3. The lowest BCUT2D eigenvalue weighted by Crippen LogP contribution is -2.36. The molecule has 0 radical (unpaired) electrons. The van der Waals surface area contributed by atoms with Crippen molar-refractivity contribution in [3.8, 4) is 5.95 Å². The van der Waals surface area contributed by atoms with Gasteiger partial charge in [0.25, 0.3) is 5.95 Å². The molecule has 0 spiro atoms. The topological polar surface area (TPSA) is 75.9 Å². The maximum Gasteiger partial charge on any atom is 0.252 e. The molecule has 0 bridgehead atoms. The zero-order valence-electron chi connectivity index (χ0n) is 18.4. The van der Waals surface area contributed by atoms with Gasteiger partial charge in [0.05, 0.1) is 11.4 Å². The number of rotatable bonds is 5. The van der Waals surface area contributed by atoms with Gasteiger partial charge in [-0.05, 0) is 44.6 Å². The van der Waals surface area contributed by atoms with Crippen LogP contribution < -0.4 is 5.32 Å². The quantitative estimate of drug-likeness (QED) is 0.746. The van der Waals surface area contributed by atoms with Crippen molar-refractivity contribution in [3.05, 3.63) is 29.7 Å². The Hall–Kier alpha value is -2.58. The van der Waals surface area contributed by atoms with Gasteiger partial charge in [0, 0.05) is 63.0 Å². The van der Waals surface area contributed by atoms with Crippen LogP contribution in [0.25, 0.3) is 5.95 Å². The summed E-state index contributed by atoms with van der Waals surface area (Å²) in [7, 11) is 0. The molecule has 0 atom stereocenters. The van der Waals surface area contributed by atoms with E-state index in [0.29, 0.717) is 43.6 Å². The van der Waals surface area contributed by atoms with Gasteiger partial charge >= 0.3 is 0 Å². The van der Waals surface area contributed by atoms with E-state index in [0.717, 1.165) is 24.2 Å². The van der Waals surface area contributed by atoms with Crippen LogP contribution in [-0.4, -0.2) is 55.6 Å². The van der Waals surface area contributed by atoms with Crippen LogP contribution in [0.5, 0.6) is 0 Å². The van der Waals surface area contributed by atoms with Crippen LogP contribution in [0.4, 0.5) is 14.6 Å². The monoisotopic (exact) mass is 444 g/mol. The average molecular weight is 445 g/mol. The molecule has 0 unspecified atom stereocenters. The maximum atomic E-state index is 13.6. The standard InChI is InChI=1S/C23H30F2N6O/c1-15(32)30-11-6-17(7-12-30)20-14-21(26-18-4-9-23(24,25)10-5-18)28-22(27-20)31-13-8-19(29-31)16-2-3-16/h8,13-14,16-18H,2-7,9-12H2,1H3,(H,26,27,28). The predicted molar refractivity (Wildman–Crippen MR) is 116 cm³/mol. The number of likely N-dealkylation sites (tertiary alicyclic amines) is 1. The third-order valence-corrected chi connectivity index (χ3v) is 6.97. The Balaban J connectivity index is 1.39. The minimum Gasteiger partial charge on any atom is -0.367 e. The number of nitrogens with one attached hydrogen (secondary N) is 1. The molecule has 172 valence electrons. The van der Waals surface area contributed by atoms with Crippen molar-refractivity contribution in [2.45, 2.75) is 82.1 Å². The lowest BCUT2D eigenvalue weighted by Gasteiger charge is -2.31. The van der Waals surface area contributed by atoms with E-state index in [2.05, 4.69) is 10.4 Å². The van der Waals surface area contributed by atoms with E-state index >= 15 is 0 Å². The number of hydrogen-bond donors (Lipinski definition) is 1. The molecule has 3 heterocycles. The van der Waals surface area contributed by atoms with Crippen molar-refractivity contribution in [3.63, 3.8) is 0 Å². The summed E-state index contributed by atoms with van der Waals surface area (Å²) in [6.45, 7) is 3.04. The number of nitrogens with zero attached hydrogens (tertiary/aromatic N) is 5. The number of halogens is 2. The number of piperidine rings is 1. The molecule has 2 saturated carbocycles. The lowest BCUT2D eigenvalue weighted by atomic mass is 9.91. The summed E-state index contributed by atoms with van der Waals surface area (Å²) >= 11 is 0. The summed E-state index contributed by atoms with van der Waals surface area (Å²) in [5.74, 6) is -0.518. The van der Waals surface area contributed by atoms with Gasteiger partial charge in [-0.3, -0.25) is 4.79 Å². The van der Waals surface area contributed by atoms with Gasteiger partial charge in [-0.25, -0.2) is 18.4 Å². The van der Waals surface area contributed by atoms with Crippen LogP contribution in [0.3, 0.4) is 0 Å². The molecule has 2 aliphatic carbocycles. The molecule has 0 aromatic carbocycles. The highest BCUT2D eigenvalue weighted by Crippen LogP contribution is 2.39. The third kappa shape index (κ3) is 4.76. The molecule has 1 saturated heterocycles. The number of amides is 1. The van der Waals surface area contributed by atoms with E-state index in [1.165, 1.54) is 12.8 Å². The van der Waals surface area contributed by atoms with Crippen molar-refractivity contribution in [1.82, 2.24) is 24.6 Å². The van der Waals surface area contributed by atoms with Crippen LogP contribution in [0.2, 0.25) is 0 Å². The molecule has 3 aliphatic rings. The highest BCUT2D eigenvalue weighted by atomic mass is 19.3. The van der Waals surface area contributed by atoms with Gasteiger partial charge in [0.1, 0.15) is 5.82 Å². The summed E-state index contributed by atoms with van der Waals surface area (Å²) in [4.78, 5) is 23.1. The van der Waals surface area contributed by atoms with E-state index < -0.39 is 5.92 Å². The number of aromatic nitrogens is 4. The smallest absolute Gasteiger partial charge is 0.252 e. The molecule has 32 heavy (non-hydrogen) atoms. The van der Waals surface area contributed by atoms with Gasteiger partial charge in [0.15, 0.2) is 0 Å². The van der Waals surface area contributed by atoms with Crippen LogP contribution in [0.1, 0.15) is 81.5 Å². The number of carbonyl (C=O) groups is 1. The van der Waals surface area contributed by atoms with Crippen molar-refractivity contribution in [1.29, 1.82) is 0 Å². The van der Waals surface area contributed by atoms with Crippen molar-refractivity contribution >= 4 is 11.7 Å². The second-order valence-corrected chi connectivity index (χ2v) is 9.49. The summed E-state index contributed by atoms with van der Waals surface area (Å²) in [5, 5.41) is 8.07. The SMILES string of the molecule is CC(=O)N1CCC(c2cc(NC3CCC(F)(F)CC3)nc(-n3ccc(C4CC4)n3)n2)CC1. The molecule has 3 fully saturated rings. The van der Waals surface area contributed by atoms with Gasteiger partial charge < -0.3 is 10.2 Å². The van der Waals surface area contributed by atoms with Crippen LogP contribution in [-0.2, 0) is 4.79 Å². The van der Waals surface area contributed by atoms with E-state index in [1.54, 1.807) is 11.6 Å². The fourth-order valence-electron chi connectivity index (χ4n) is 4.77. The van der Waals surface area contributed by atoms with Gasteiger partial charge in [-0.2, -0.15) is 10.1 Å². The molecule has 2 aromatic rings. The summed E-state index contributed by atoms with van der Waals surface area (Å²) in [5.41, 5.74) is 1.99. The fraction of sp³-hybridized carbons (Fsp3) is 0.652. The lowest BCUT2D eigenvalue weighted by molar-refractivity contribution is -0.129. The Bertz CT molecular complexity index is 971. The second kappa shape index (κ2) is 8.41. The Labute approximate surface area is 186 Å². The van der Waals surface area contributed by atoms with Crippen LogP contribution in [0.15, 0.2) is 18.3 Å². The third-order valence-electron chi connectivity index (χ3n) is 6.97. The highest BCUT2D eigenvalue weighted by molar-refractivity contribution is 5.73. The zero-order valence-corrected chi connectivity index (χ0v) is 18.4. The molecular weight excluding hydrogens is 414 g/mol. The summed E-state index contributed by atoms with van der Waals surface area (Å²) in [6.07, 6.45) is 6.59. The van der Waals surface area contributed by atoms with E-state index in [4.69, 9.17) is 9.97 Å². The molecule has 7 nitrogen and oxygen atoms in total. The Kier molecular flexibility index (Phi) is 5.59. The Morgan fingerprint density at radius 1 is 1.03 bits per heavy atom. The van der Waals surface area contributed by atoms with Gasteiger partial charge in [0.2, 0.25) is 11.8 Å². The second-order valence-electron chi connectivity index (χ2n) is 9.49. The van der Waals surface area contributed by atoms with E-state index in [-0.39, 0.29) is 30.7 Å². The van der Waals surface area contributed by atoms with E-state index in [9.17, 15) is 13.6 Å².